The monoisotopic (exact) mass is 320 g/mol. The molecule has 3 fully saturated rings. The van der Waals surface area contributed by atoms with E-state index in [1.807, 2.05) is 0 Å². The molecule has 118 valence electrons. The number of methoxy groups -OCH3 is 1. The molecule has 2 bridgehead atoms. The smallest absolute Gasteiger partial charge is 0.324 e. The lowest BCUT2D eigenvalue weighted by atomic mass is 9.79. The van der Waals surface area contributed by atoms with Crippen molar-refractivity contribution in [3.63, 3.8) is 0 Å². The average molecular weight is 320 g/mol. The number of hydrogen-bond donors (Lipinski definition) is 1. The van der Waals surface area contributed by atoms with Crippen molar-refractivity contribution in [1.82, 2.24) is 0 Å². The Morgan fingerprint density at radius 1 is 1.29 bits per heavy atom. The van der Waals surface area contributed by atoms with Gasteiger partial charge in [0.25, 0.3) is 10.1 Å². The number of rotatable bonds is 4. The Hall–Kier alpha value is -1.19. The van der Waals surface area contributed by atoms with E-state index in [1.165, 1.54) is 7.11 Å². The Bertz CT molecular complexity index is 570. The van der Waals surface area contributed by atoms with Crippen LogP contribution < -0.4 is 0 Å². The first kappa shape index (κ1) is 14.7. The van der Waals surface area contributed by atoms with Crippen molar-refractivity contribution >= 4 is 22.1 Å². The van der Waals surface area contributed by atoms with Crippen LogP contribution in [0.15, 0.2) is 0 Å². The Labute approximate surface area is 121 Å². The molecule has 6 unspecified atom stereocenters. The molecule has 1 aliphatic heterocycles. The normalized spacial score (nSPS) is 40.3. The Morgan fingerprint density at radius 2 is 2.00 bits per heavy atom. The summed E-state index contributed by atoms with van der Waals surface area (Å²) in [5.41, 5.74) is 0. The minimum Gasteiger partial charge on any atom is -0.469 e. The van der Waals surface area contributed by atoms with Gasteiger partial charge in [0.1, 0.15) is 6.10 Å². The summed E-state index contributed by atoms with van der Waals surface area (Å²) in [6.45, 7) is 0.415. The van der Waals surface area contributed by atoms with Crippen LogP contribution in [-0.2, 0) is 33.9 Å². The summed E-state index contributed by atoms with van der Waals surface area (Å²) in [6, 6.07) is 0. The topological polar surface area (TPSA) is 116 Å². The molecule has 0 aromatic rings. The van der Waals surface area contributed by atoms with Gasteiger partial charge >= 0.3 is 11.9 Å². The van der Waals surface area contributed by atoms with Crippen molar-refractivity contribution in [2.24, 2.45) is 23.7 Å². The van der Waals surface area contributed by atoms with E-state index in [9.17, 15) is 18.0 Å². The van der Waals surface area contributed by atoms with Crippen molar-refractivity contribution in [1.29, 1.82) is 0 Å². The van der Waals surface area contributed by atoms with Crippen molar-refractivity contribution in [3.8, 4) is 0 Å². The van der Waals surface area contributed by atoms with Gasteiger partial charge in [-0.05, 0) is 12.3 Å². The highest BCUT2D eigenvalue weighted by Crippen LogP contribution is 2.58. The third kappa shape index (κ3) is 2.43. The molecule has 1 heterocycles. The van der Waals surface area contributed by atoms with Gasteiger partial charge in [-0.2, -0.15) is 8.42 Å². The van der Waals surface area contributed by atoms with Gasteiger partial charge in [0.2, 0.25) is 0 Å². The highest BCUT2D eigenvalue weighted by atomic mass is 32.2. The maximum absolute atomic E-state index is 11.9. The Morgan fingerprint density at radius 3 is 2.62 bits per heavy atom. The van der Waals surface area contributed by atoms with Gasteiger partial charge in [0, 0.05) is 11.8 Å². The molecule has 8 nitrogen and oxygen atoms in total. The molecule has 0 aromatic carbocycles. The number of ether oxygens (including phenoxy) is 3. The molecule has 2 saturated carbocycles. The molecule has 2 aliphatic carbocycles. The van der Waals surface area contributed by atoms with Crippen molar-refractivity contribution in [3.05, 3.63) is 0 Å². The summed E-state index contributed by atoms with van der Waals surface area (Å²) < 4.78 is 45.6. The van der Waals surface area contributed by atoms with Crippen molar-refractivity contribution < 1.29 is 36.8 Å². The van der Waals surface area contributed by atoms with E-state index in [2.05, 4.69) is 0 Å². The summed E-state index contributed by atoms with van der Waals surface area (Å²) in [7, 11) is -3.13. The van der Waals surface area contributed by atoms with E-state index in [4.69, 9.17) is 18.8 Å². The van der Waals surface area contributed by atoms with Gasteiger partial charge in [-0.3, -0.25) is 14.1 Å². The molecule has 6 atom stereocenters. The maximum Gasteiger partial charge on any atom is 0.324 e. The Kier molecular flexibility index (Phi) is 3.45. The highest BCUT2D eigenvalue weighted by Gasteiger charge is 2.66. The number of hydrogen-bond acceptors (Lipinski definition) is 7. The van der Waals surface area contributed by atoms with Crippen LogP contribution in [0.3, 0.4) is 0 Å². The predicted octanol–water partition coefficient (Wildman–Crippen LogP) is -0.760. The van der Waals surface area contributed by atoms with Crippen LogP contribution in [0.2, 0.25) is 0 Å². The molecule has 9 heteroatoms. The molecule has 0 radical (unpaired) electrons. The number of carbonyl (C=O) groups excluding carboxylic acids is 2. The van der Waals surface area contributed by atoms with Crippen LogP contribution in [-0.4, -0.2) is 56.6 Å². The summed E-state index contributed by atoms with van der Waals surface area (Å²) in [6.07, 6.45) is -0.266. The second-order valence-corrected chi connectivity index (χ2v) is 7.21. The van der Waals surface area contributed by atoms with E-state index in [1.54, 1.807) is 0 Å². The molecule has 0 amide bonds. The summed E-state index contributed by atoms with van der Waals surface area (Å²) in [5, 5.41) is 0. The first-order valence-electron chi connectivity index (χ1n) is 6.66. The lowest BCUT2D eigenvalue weighted by Crippen LogP contribution is -2.44. The average Bonchev–Trinajstić information content (AvgIpc) is 2.96. The van der Waals surface area contributed by atoms with Gasteiger partial charge in [0.15, 0.2) is 5.75 Å². The molecule has 1 N–H and O–H groups in total. The van der Waals surface area contributed by atoms with E-state index in [0.717, 1.165) is 0 Å². The largest absolute Gasteiger partial charge is 0.469 e. The fraction of sp³-hybridized carbons (Fsp3) is 0.833. The van der Waals surface area contributed by atoms with Crippen LogP contribution in [0.4, 0.5) is 0 Å². The third-order valence-electron chi connectivity index (χ3n) is 4.71. The standard InChI is InChI=1S/C12H16O8S/c1-18-12(14)9-6-2-5-7(9)3-19-10(5)11(6)20-8(13)4-21(15,16)17/h5-7,9-11H,2-4H2,1H3,(H,15,16,17). The predicted molar refractivity (Wildman–Crippen MR) is 66.6 cm³/mol. The minimum atomic E-state index is -4.43. The van der Waals surface area contributed by atoms with Gasteiger partial charge in [-0.1, -0.05) is 0 Å². The molecule has 0 spiro atoms. The lowest BCUT2D eigenvalue weighted by Gasteiger charge is -2.31. The van der Waals surface area contributed by atoms with E-state index in [-0.39, 0.29) is 35.7 Å². The lowest BCUT2D eigenvalue weighted by molar-refractivity contribution is -0.162. The van der Waals surface area contributed by atoms with Crippen molar-refractivity contribution in [2.75, 3.05) is 19.5 Å². The van der Waals surface area contributed by atoms with Gasteiger partial charge in [-0.15, -0.1) is 0 Å². The van der Waals surface area contributed by atoms with Crippen LogP contribution in [0.25, 0.3) is 0 Å². The summed E-state index contributed by atoms with van der Waals surface area (Å²) >= 11 is 0. The fourth-order valence-corrected chi connectivity index (χ4v) is 4.43. The first-order valence-corrected chi connectivity index (χ1v) is 8.27. The first-order chi connectivity index (χ1) is 9.81. The molecule has 3 aliphatic rings. The Balaban J connectivity index is 1.75. The zero-order chi connectivity index (χ0) is 15.4. The molecular weight excluding hydrogens is 304 g/mol. The zero-order valence-corrected chi connectivity index (χ0v) is 12.1. The van der Waals surface area contributed by atoms with E-state index in [0.29, 0.717) is 13.0 Å². The molecule has 1 saturated heterocycles. The minimum absolute atomic E-state index is 0.0731. The second kappa shape index (κ2) is 4.92. The number of esters is 2. The molecule has 3 rings (SSSR count). The van der Waals surface area contributed by atoms with Crippen LogP contribution in [0.1, 0.15) is 6.42 Å². The van der Waals surface area contributed by atoms with Crippen LogP contribution in [0.5, 0.6) is 0 Å². The molecular formula is C12H16O8S. The van der Waals surface area contributed by atoms with Crippen LogP contribution >= 0.6 is 0 Å². The SMILES string of the molecule is COC(=O)C1C2COC3C2CC1C3OC(=O)CS(=O)(=O)O. The van der Waals surface area contributed by atoms with Crippen molar-refractivity contribution in [2.45, 2.75) is 18.6 Å². The van der Waals surface area contributed by atoms with E-state index < -0.39 is 27.9 Å². The number of fused-ring (bicyclic) bond motifs is 1. The van der Waals surface area contributed by atoms with Gasteiger partial charge < -0.3 is 14.2 Å². The molecule has 21 heavy (non-hydrogen) atoms. The zero-order valence-electron chi connectivity index (χ0n) is 11.3. The van der Waals surface area contributed by atoms with Gasteiger partial charge in [0.05, 0.1) is 25.7 Å². The quantitative estimate of drug-likeness (QED) is 0.531. The van der Waals surface area contributed by atoms with E-state index >= 15 is 0 Å². The maximum atomic E-state index is 11.9. The summed E-state index contributed by atoms with van der Waals surface area (Å²) in [5.74, 6) is -2.89. The van der Waals surface area contributed by atoms with Gasteiger partial charge in [-0.25, -0.2) is 0 Å². The third-order valence-corrected chi connectivity index (χ3v) is 5.31. The number of carbonyl (C=O) groups is 2. The fourth-order valence-electron chi connectivity index (χ4n) is 4.07. The summed E-state index contributed by atoms with van der Waals surface area (Å²) in [4.78, 5) is 23.5. The molecule has 0 aromatic heterocycles. The second-order valence-electron chi connectivity index (χ2n) is 5.75. The van der Waals surface area contributed by atoms with Crippen LogP contribution in [0, 0.1) is 23.7 Å². The highest BCUT2D eigenvalue weighted by molar-refractivity contribution is 7.86.